The van der Waals surface area contributed by atoms with Gasteiger partial charge in [-0.15, -0.1) is 0 Å². The van der Waals surface area contributed by atoms with Crippen LogP contribution in [0, 0.1) is 11.6 Å². The topological polar surface area (TPSA) is 183 Å². The van der Waals surface area contributed by atoms with Gasteiger partial charge in [-0.25, -0.2) is 13.6 Å². The molecule has 0 spiro atoms. The maximum Gasteiger partial charge on any atom is 0.336 e. The molecule has 54 heavy (non-hydrogen) atoms. The highest BCUT2D eigenvalue weighted by Crippen LogP contribution is 2.43. The maximum absolute atomic E-state index is 14.7. The lowest BCUT2D eigenvalue weighted by molar-refractivity contribution is -0.139. The van der Waals surface area contributed by atoms with E-state index in [4.69, 9.17) is 28.1 Å². The Labute approximate surface area is 305 Å². The number of aromatic hydroxyl groups is 1. The van der Waals surface area contributed by atoms with Crippen molar-refractivity contribution in [2.45, 2.75) is 0 Å². The van der Waals surface area contributed by atoms with Gasteiger partial charge in [0.15, 0.2) is 17.4 Å². The summed E-state index contributed by atoms with van der Waals surface area (Å²) in [6.07, 6.45) is 0. The predicted octanol–water partition coefficient (Wildman–Crippen LogP) is 4.92. The number of phenolic OH excluding ortho intramolecular Hbond substituents is 1. The van der Waals surface area contributed by atoms with Crippen molar-refractivity contribution in [3.05, 3.63) is 93.6 Å². The lowest BCUT2D eigenvalue weighted by Crippen LogP contribution is -2.34. The molecule has 3 aromatic carbocycles. The number of methoxy groups -OCH3 is 1. The van der Waals surface area contributed by atoms with Crippen LogP contribution < -0.4 is 20.4 Å². The third kappa shape index (κ3) is 8.41. The summed E-state index contributed by atoms with van der Waals surface area (Å²) in [4.78, 5) is 52.4. The van der Waals surface area contributed by atoms with E-state index in [1.165, 1.54) is 19.2 Å². The van der Waals surface area contributed by atoms with Gasteiger partial charge in [0.1, 0.15) is 30.2 Å². The molecule has 0 aromatic heterocycles. The van der Waals surface area contributed by atoms with Crippen LogP contribution in [0.25, 0.3) is 33.4 Å². The summed E-state index contributed by atoms with van der Waals surface area (Å²) >= 11 is 0. The van der Waals surface area contributed by atoms with Crippen molar-refractivity contribution in [3.63, 3.8) is 0 Å². The number of halogens is 2. The third-order valence-corrected chi connectivity index (χ3v) is 8.46. The molecule has 0 bridgehead atoms. The van der Waals surface area contributed by atoms with Crippen LogP contribution in [-0.4, -0.2) is 94.5 Å². The Bertz CT molecular complexity index is 2240. The SMILES string of the molecule is COC(=O)CN1CCOCCOCCOCCOc2cc(NC(=O)c3ccc(-c4c5cc(F)c(=O)cc-5oc5cc(O)c(F)cc45)c(C(=O)O)c3)ccc21. The van der Waals surface area contributed by atoms with Crippen molar-refractivity contribution in [2.75, 3.05) is 76.7 Å². The van der Waals surface area contributed by atoms with Crippen molar-refractivity contribution >= 4 is 40.2 Å². The van der Waals surface area contributed by atoms with Crippen molar-refractivity contribution in [1.82, 2.24) is 0 Å². The lowest BCUT2D eigenvalue weighted by Gasteiger charge is -2.26. The summed E-state index contributed by atoms with van der Waals surface area (Å²) in [5.41, 5.74) is -0.940. The van der Waals surface area contributed by atoms with Gasteiger partial charge in [-0.1, -0.05) is 6.07 Å². The van der Waals surface area contributed by atoms with Crippen LogP contribution in [-0.2, 0) is 23.7 Å². The van der Waals surface area contributed by atoms with Crippen molar-refractivity contribution < 1.29 is 61.5 Å². The zero-order valence-corrected chi connectivity index (χ0v) is 28.8. The van der Waals surface area contributed by atoms with Crippen LogP contribution >= 0.6 is 0 Å². The zero-order chi connectivity index (χ0) is 38.4. The van der Waals surface area contributed by atoms with Gasteiger partial charge in [0.05, 0.1) is 58.0 Å². The molecule has 6 rings (SSSR count). The number of carbonyl (C=O) groups is 3. The molecule has 1 amide bonds. The van der Waals surface area contributed by atoms with Crippen molar-refractivity contribution in [3.8, 4) is 33.9 Å². The number of esters is 1. The van der Waals surface area contributed by atoms with Gasteiger partial charge < -0.3 is 48.5 Å². The number of aromatic carboxylic acids is 1. The number of anilines is 2. The Morgan fingerprint density at radius 2 is 1.57 bits per heavy atom. The number of carboxylic acid groups (broad SMARTS) is 1. The smallest absolute Gasteiger partial charge is 0.336 e. The van der Waals surface area contributed by atoms with E-state index in [9.17, 15) is 38.2 Å². The largest absolute Gasteiger partial charge is 0.505 e. The van der Waals surface area contributed by atoms with Crippen LogP contribution in [0.1, 0.15) is 20.7 Å². The van der Waals surface area contributed by atoms with Crippen LogP contribution in [0.2, 0.25) is 0 Å². The summed E-state index contributed by atoms with van der Waals surface area (Å²) < 4.78 is 62.5. The predicted molar refractivity (Wildman–Crippen MR) is 190 cm³/mol. The van der Waals surface area contributed by atoms with Gasteiger partial charge >= 0.3 is 11.9 Å². The van der Waals surface area contributed by atoms with Gasteiger partial charge in [0.25, 0.3) is 5.91 Å². The fraction of sp³-hybridized carbons (Fsp3) is 0.263. The van der Waals surface area contributed by atoms with Gasteiger partial charge in [-0.05, 0) is 42.0 Å². The van der Waals surface area contributed by atoms with Gasteiger partial charge in [-0.2, -0.15) is 0 Å². The fourth-order valence-corrected chi connectivity index (χ4v) is 5.88. The van der Waals surface area contributed by atoms with E-state index < -0.39 is 46.2 Å². The number of benzene rings is 4. The molecule has 282 valence electrons. The Balaban J connectivity index is 1.35. The molecule has 2 heterocycles. The number of carboxylic acids is 1. The van der Waals surface area contributed by atoms with E-state index >= 15 is 0 Å². The number of ether oxygens (including phenoxy) is 5. The Morgan fingerprint density at radius 1 is 0.852 bits per heavy atom. The summed E-state index contributed by atoms with van der Waals surface area (Å²) in [7, 11) is 1.27. The number of amides is 1. The third-order valence-electron chi connectivity index (χ3n) is 8.46. The maximum atomic E-state index is 14.7. The van der Waals surface area contributed by atoms with E-state index in [1.807, 2.05) is 0 Å². The number of nitrogens with one attached hydrogen (secondary N) is 1. The first-order chi connectivity index (χ1) is 26.0. The molecular weight excluding hydrogens is 714 g/mol. The minimum atomic E-state index is -1.47. The molecule has 0 atom stereocenters. The van der Waals surface area contributed by atoms with Gasteiger partial charge in [0.2, 0.25) is 5.43 Å². The first kappa shape index (κ1) is 37.7. The Kier molecular flexibility index (Phi) is 11.6. The number of rotatable bonds is 6. The molecular formula is C38H34F2N2O12. The molecule has 1 aliphatic carbocycles. The molecule has 16 heteroatoms. The van der Waals surface area contributed by atoms with E-state index in [-0.39, 0.29) is 77.6 Å². The molecule has 0 saturated heterocycles. The van der Waals surface area contributed by atoms with Crippen LogP contribution in [0.15, 0.2) is 69.9 Å². The average Bonchev–Trinajstić information content (AvgIpc) is 3.15. The number of carbonyl (C=O) groups excluding carboxylic acids is 2. The zero-order valence-electron chi connectivity index (χ0n) is 28.8. The van der Waals surface area contributed by atoms with Crippen molar-refractivity contribution in [2.24, 2.45) is 0 Å². The minimum absolute atomic E-state index is 0.00851. The standard InChI is InChI=1S/C38H34F2N2O12/c1-49-35(45)20-42-6-7-50-8-9-51-10-11-52-12-13-53-34-15-22(3-5-29(34)42)41-37(46)21-2-4-23(24(14-21)38(47)48)36-25-16-27(39)30(43)18-32(25)54-33-19-31(44)28(40)17-26(33)36/h2-5,14-19,43H,6-13,20H2,1H3,(H,41,46)(H,47,48). The van der Waals surface area contributed by atoms with E-state index in [2.05, 4.69) is 5.32 Å². The highest BCUT2D eigenvalue weighted by atomic mass is 19.1. The monoisotopic (exact) mass is 748 g/mol. The molecule has 3 N–H and O–H groups in total. The molecule has 0 radical (unpaired) electrons. The first-order valence-corrected chi connectivity index (χ1v) is 16.6. The highest BCUT2D eigenvalue weighted by Gasteiger charge is 2.26. The van der Waals surface area contributed by atoms with E-state index in [1.54, 1.807) is 23.1 Å². The summed E-state index contributed by atoms with van der Waals surface area (Å²) in [5, 5.41) is 23.0. The van der Waals surface area contributed by atoms with Gasteiger partial charge in [-0.3, -0.25) is 14.4 Å². The second-order valence-electron chi connectivity index (χ2n) is 11.9. The second kappa shape index (κ2) is 16.7. The number of phenols is 1. The molecule has 3 aliphatic rings. The molecule has 0 unspecified atom stereocenters. The molecule has 2 aliphatic heterocycles. The summed E-state index contributed by atoms with van der Waals surface area (Å²) in [6.45, 7) is 2.17. The number of fused-ring (bicyclic) bond motifs is 3. The van der Waals surface area contributed by atoms with Gasteiger partial charge in [0, 0.05) is 52.5 Å². The fourth-order valence-electron chi connectivity index (χ4n) is 5.88. The number of nitrogens with zero attached hydrogens (tertiary/aromatic N) is 1. The molecule has 3 aromatic rings. The van der Waals surface area contributed by atoms with E-state index in [0.717, 1.165) is 30.3 Å². The molecule has 14 nitrogen and oxygen atoms in total. The highest BCUT2D eigenvalue weighted by molar-refractivity contribution is 6.11. The van der Waals surface area contributed by atoms with Crippen LogP contribution in [0.4, 0.5) is 20.2 Å². The lowest BCUT2D eigenvalue weighted by atomic mass is 9.89. The summed E-state index contributed by atoms with van der Waals surface area (Å²) in [6, 6.07) is 12.1. The number of hydrogen-bond donors (Lipinski definition) is 3. The van der Waals surface area contributed by atoms with E-state index in [0.29, 0.717) is 37.9 Å². The van der Waals surface area contributed by atoms with Crippen molar-refractivity contribution in [1.29, 1.82) is 0 Å². The average molecular weight is 749 g/mol. The normalized spacial score (nSPS) is 14.4. The quantitative estimate of drug-likeness (QED) is 0.157. The van der Waals surface area contributed by atoms with Crippen LogP contribution in [0.3, 0.4) is 0 Å². The molecule has 0 saturated carbocycles. The summed E-state index contributed by atoms with van der Waals surface area (Å²) in [5.74, 6) is -5.52. The Morgan fingerprint density at radius 3 is 2.30 bits per heavy atom. The van der Waals surface area contributed by atoms with Crippen LogP contribution in [0.5, 0.6) is 11.5 Å². The second-order valence-corrected chi connectivity index (χ2v) is 11.9. The Hall–Kier alpha value is -6.10. The first-order valence-electron chi connectivity index (χ1n) is 16.6. The minimum Gasteiger partial charge on any atom is -0.505 e. The molecule has 0 fully saturated rings. The number of hydrogen-bond acceptors (Lipinski definition) is 12.